The number of alkyl halides is 1. The van der Waals surface area contributed by atoms with Crippen LogP contribution in [0.15, 0.2) is 12.2 Å². The van der Waals surface area contributed by atoms with E-state index in [2.05, 4.69) is 13.5 Å². The minimum atomic E-state index is -0.822. The molecular formula is C22H41FO2. The number of carbonyl (C=O) groups is 1. The molecule has 148 valence electrons. The lowest BCUT2D eigenvalue weighted by atomic mass is 10.0. The van der Waals surface area contributed by atoms with Gasteiger partial charge < -0.3 is 4.74 Å². The van der Waals surface area contributed by atoms with Gasteiger partial charge in [-0.2, -0.15) is 0 Å². The quantitative estimate of drug-likeness (QED) is 0.138. The van der Waals surface area contributed by atoms with Crippen LogP contribution in [0.25, 0.3) is 0 Å². The van der Waals surface area contributed by atoms with Gasteiger partial charge in [-0.05, 0) is 6.42 Å². The number of esters is 1. The second-order valence-electron chi connectivity index (χ2n) is 7.18. The molecule has 0 unspecified atom stereocenters. The van der Waals surface area contributed by atoms with Gasteiger partial charge in [-0.15, -0.1) is 0 Å². The number of ether oxygens (including phenoxy) is 1. The van der Waals surface area contributed by atoms with Gasteiger partial charge in [0.05, 0.1) is 12.2 Å². The molecule has 0 saturated heterocycles. The lowest BCUT2D eigenvalue weighted by Gasteiger charge is -2.05. The first kappa shape index (κ1) is 24.1. The predicted molar refractivity (Wildman–Crippen MR) is 106 cm³/mol. The standard InChI is InChI=1S/C22H41FO2/c1-3-4-5-6-7-8-9-10-11-12-13-14-15-16-17-18-19-25-22(24)21(2)20-23/h2-20H2,1H3. The van der Waals surface area contributed by atoms with E-state index in [0.717, 1.165) is 12.8 Å². The van der Waals surface area contributed by atoms with Crippen molar-refractivity contribution in [1.82, 2.24) is 0 Å². The Balaban J connectivity index is 3.10. The Morgan fingerprint density at radius 3 is 1.44 bits per heavy atom. The number of unbranched alkanes of at least 4 members (excludes halogenated alkanes) is 15. The minimum Gasteiger partial charge on any atom is -0.462 e. The summed E-state index contributed by atoms with van der Waals surface area (Å²) < 4.78 is 17.1. The Bertz CT molecular complexity index is 315. The molecular weight excluding hydrogens is 315 g/mol. The Hall–Kier alpha value is -0.860. The van der Waals surface area contributed by atoms with Crippen molar-refractivity contribution in [1.29, 1.82) is 0 Å². The number of hydrogen-bond donors (Lipinski definition) is 0. The summed E-state index contributed by atoms with van der Waals surface area (Å²) in [5.41, 5.74) is -0.0866. The number of rotatable bonds is 19. The fourth-order valence-electron chi connectivity index (χ4n) is 2.97. The van der Waals surface area contributed by atoms with Gasteiger partial charge in [-0.25, -0.2) is 9.18 Å². The number of halogens is 1. The van der Waals surface area contributed by atoms with Crippen molar-refractivity contribution in [2.24, 2.45) is 0 Å². The zero-order valence-corrected chi connectivity index (χ0v) is 16.6. The highest BCUT2D eigenvalue weighted by Gasteiger charge is 2.06. The maximum Gasteiger partial charge on any atom is 0.336 e. The van der Waals surface area contributed by atoms with E-state index in [0.29, 0.717) is 6.61 Å². The molecule has 0 saturated carbocycles. The Labute approximate surface area is 155 Å². The molecule has 0 atom stereocenters. The summed E-state index contributed by atoms with van der Waals surface area (Å²) in [6, 6.07) is 0. The van der Waals surface area contributed by atoms with E-state index in [9.17, 15) is 9.18 Å². The van der Waals surface area contributed by atoms with Crippen LogP contribution in [-0.2, 0) is 9.53 Å². The van der Waals surface area contributed by atoms with E-state index in [1.54, 1.807) is 0 Å². The maximum absolute atomic E-state index is 12.2. The summed E-state index contributed by atoms with van der Waals surface area (Å²) in [6.07, 6.45) is 21.1. The molecule has 0 spiro atoms. The van der Waals surface area contributed by atoms with E-state index < -0.39 is 12.6 Å². The van der Waals surface area contributed by atoms with Crippen LogP contribution in [0.2, 0.25) is 0 Å². The van der Waals surface area contributed by atoms with Crippen molar-refractivity contribution < 1.29 is 13.9 Å². The highest BCUT2D eigenvalue weighted by Crippen LogP contribution is 2.13. The molecule has 0 aliphatic heterocycles. The third-order valence-electron chi connectivity index (χ3n) is 4.68. The van der Waals surface area contributed by atoms with Gasteiger partial charge in [-0.3, -0.25) is 0 Å². The molecule has 0 N–H and O–H groups in total. The molecule has 2 nitrogen and oxygen atoms in total. The van der Waals surface area contributed by atoms with Crippen molar-refractivity contribution in [2.45, 2.75) is 110 Å². The third-order valence-corrected chi connectivity index (χ3v) is 4.68. The fraction of sp³-hybridized carbons (Fsp3) is 0.864. The van der Waals surface area contributed by atoms with Gasteiger partial charge in [0.15, 0.2) is 0 Å². The van der Waals surface area contributed by atoms with Crippen LogP contribution in [0.5, 0.6) is 0 Å². The first-order valence-corrected chi connectivity index (χ1v) is 10.6. The largest absolute Gasteiger partial charge is 0.462 e. The fourth-order valence-corrected chi connectivity index (χ4v) is 2.97. The van der Waals surface area contributed by atoms with E-state index >= 15 is 0 Å². The molecule has 3 heteroatoms. The number of hydrogen-bond acceptors (Lipinski definition) is 2. The van der Waals surface area contributed by atoms with E-state index in [1.807, 2.05) is 0 Å². The molecule has 0 heterocycles. The van der Waals surface area contributed by atoms with Crippen molar-refractivity contribution >= 4 is 5.97 Å². The molecule has 0 aromatic carbocycles. The third kappa shape index (κ3) is 17.7. The van der Waals surface area contributed by atoms with Crippen LogP contribution >= 0.6 is 0 Å². The molecule has 0 aliphatic carbocycles. The second-order valence-corrected chi connectivity index (χ2v) is 7.18. The molecule has 0 rings (SSSR count). The Morgan fingerprint density at radius 1 is 0.720 bits per heavy atom. The van der Waals surface area contributed by atoms with Gasteiger partial charge in [-0.1, -0.05) is 110 Å². The summed E-state index contributed by atoms with van der Waals surface area (Å²) in [4.78, 5) is 11.2. The molecule has 0 aliphatic rings. The SMILES string of the molecule is C=C(CF)C(=O)OCCCCCCCCCCCCCCCCCC. The van der Waals surface area contributed by atoms with Crippen LogP contribution in [0.1, 0.15) is 110 Å². The molecule has 0 bridgehead atoms. The normalized spacial score (nSPS) is 10.8. The Morgan fingerprint density at radius 2 is 1.08 bits per heavy atom. The van der Waals surface area contributed by atoms with Crippen LogP contribution in [0, 0.1) is 0 Å². The molecule has 0 amide bonds. The molecule has 0 fully saturated rings. The van der Waals surface area contributed by atoms with Crippen LogP contribution in [0.4, 0.5) is 4.39 Å². The molecule has 25 heavy (non-hydrogen) atoms. The summed E-state index contributed by atoms with van der Waals surface area (Å²) in [7, 11) is 0. The lowest BCUT2D eigenvalue weighted by molar-refractivity contribution is -0.139. The minimum absolute atomic E-state index is 0.0866. The van der Waals surface area contributed by atoms with Gasteiger partial charge in [0, 0.05) is 0 Å². The van der Waals surface area contributed by atoms with Crippen molar-refractivity contribution in [3.05, 3.63) is 12.2 Å². The van der Waals surface area contributed by atoms with Crippen molar-refractivity contribution in [3.8, 4) is 0 Å². The van der Waals surface area contributed by atoms with E-state index in [1.165, 1.54) is 89.9 Å². The van der Waals surface area contributed by atoms with Crippen LogP contribution in [-0.4, -0.2) is 19.3 Å². The highest BCUT2D eigenvalue weighted by atomic mass is 19.1. The zero-order valence-electron chi connectivity index (χ0n) is 16.6. The summed E-state index contributed by atoms with van der Waals surface area (Å²) in [5.74, 6) is -0.594. The molecule has 0 aromatic heterocycles. The highest BCUT2D eigenvalue weighted by molar-refractivity contribution is 5.87. The summed E-state index contributed by atoms with van der Waals surface area (Å²) in [5, 5.41) is 0. The molecule has 0 aromatic rings. The molecule has 0 radical (unpaired) electrons. The van der Waals surface area contributed by atoms with Gasteiger partial charge in [0.2, 0.25) is 0 Å². The first-order chi connectivity index (χ1) is 12.2. The van der Waals surface area contributed by atoms with Crippen molar-refractivity contribution in [3.63, 3.8) is 0 Å². The second kappa shape index (κ2) is 19.5. The summed E-state index contributed by atoms with van der Waals surface area (Å²) in [6.45, 7) is 5.15. The zero-order chi connectivity index (χ0) is 18.6. The average Bonchev–Trinajstić information content (AvgIpc) is 2.63. The van der Waals surface area contributed by atoms with Gasteiger partial charge in [0.25, 0.3) is 0 Å². The van der Waals surface area contributed by atoms with Crippen LogP contribution < -0.4 is 0 Å². The van der Waals surface area contributed by atoms with E-state index in [-0.39, 0.29) is 5.57 Å². The maximum atomic E-state index is 12.2. The van der Waals surface area contributed by atoms with E-state index in [4.69, 9.17) is 4.74 Å². The smallest absolute Gasteiger partial charge is 0.336 e. The van der Waals surface area contributed by atoms with Crippen LogP contribution in [0.3, 0.4) is 0 Å². The lowest BCUT2D eigenvalue weighted by Crippen LogP contribution is -2.09. The predicted octanol–water partition coefficient (Wildman–Crippen LogP) is 7.32. The average molecular weight is 357 g/mol. The summed E-state index contributed by atoms with van der Waals surface area (Å²) >= 11 is 0. The Kier molecular flexibility index (Phi) is 18.8. The topological polar surface area (TPSA) is 26.3 Å². The van der Waals surface area contributed by atoms with Gasteiger partial charge in [0.1, 0.15) is 6.67 Å². The first-order valence-electron chi connectivity index (χ1n) is 10.6. The number of carbonyl (C=O) groups excluding carboxylic acids is 1. The van der Waals surface area contributed by atoms with Gasteiger partial charge >= 0.3 is 5.97 Å². The van der Waals surface area contributed by atoms with Crippen molar-refractivity contribution in [2.75, 3.05) is 13.3 Å². The monoisotopic (exact) mass is 356 g/mol.